The third kappa shape index (κ3) is 2.41. The Morgan fingerprint density at radius 2 is 2.05 bits per heavy atom. The van der Waals surface area contributed by atoms with E-state index in [1.165, 1.54) is 16.7 Å². The van der Waals surface area contributed by atoms with Crippen LogP contribution in [0.2, 0.25) is 0 Å². The van der Waals surface area contributed by atoms with Crippen LogP contribution in [-0.2, 0) is 12.8 Å². The van der Waals surface area contributed by atoms with Crippen molar-refractivity contribution < 1.29 is 0 Å². The van der Waals surface area contributed by atoms with Crippen LogP contribution in [0.4, 0.5) is 0 Å². The first-order valence-corrected chi connectivity index (χ1v) is 7.45. The van der Waals surface area contributed by atoms with E-state index in [9.17, 15) is 0 Å². The van der Waals surface area contributed by atoms with Gasteiger partial charge in [0.05, 0.1) is 11.6 Å². The highest BCUT2D eigenvalue weighted by atomic mass is 32.2. The SMILES string of the molecule is Cc1ccc(C)c(CSc2ncnc3c2cnn3C)c1. The van der Waals surface area contributed by atoms with Gasteiger partial charge in [0.1, 0.15) is 11.4 Å². The number of thioether (sulfide) groups is 1. The van der Waals surface area contributed by atoms with Crippen LogP contribution in [0.25, 0.3) is 11.0 Å². The van der Waals surface area contributed by atoms with Gasteiger partial charge in [-0.05, 0) is 25.0 Å². The standard InChI is InChI=1S/C15H16N4S/c1-10-4-5-11(2)12(6-10)8-20-15-13-7-18-19(3)14(13)16-9-17-15/h4-7,9H,8H2,1-3H3. The highest BCUT2D eigenvalue weighted by Crippen LogP contribution is 2.28. The zero-order valence-electron chi connectivity index (χ0n) is 11.8. The Bertz CT molecular complexity index is 764. The van der Waals surface area contributed by atoms with E-state index in [0.29, 0.717) is 0 Å². The molecule has 0 aliphatic rings. The van der Waals surface area contributed by atoms with Gasteiger partial charge in [0, 0.05) is 12.8 Å². The zero-order chi connectivity index (χ0) is 14.1. The number of aromatic nitrogens is 4. The van der Waals surface area contributed by atoms with Gasteiger partial charge in [-0.1, -0.05) is 23.8 Å². The molecule has 20 heavy (non-hydrogen) atoms. The van der Waals surface area contributed by atoms with E-state index in [1.54, 1.807) is 22.8 Å². The number of benzene rings is 1. The van der Waals surface area contributed by atoms with Gasteiger partial charge in [0.2, 0.25) is 0 Å². The van der Waals surface area contributed by atoms with Gasteiger partial charge in [-0.15, -0.1) is 11.8 Å². The molecule has 0 saturated heterocycles. The minimum Gasteiger partial charge on any atom is -0.250 e. The predicted octanol–water partition coefficient (Wildman–Crippen LogP) is 3.27. The Balaban J connectivity index is 1.88. The molecule has 0 amide bonds. The molecule has 5 heteroatoms. The summed E-state index contributed by atoms with van der Waals surface area (Å²) in [5, 5.41) is 6.25. The van der Waals surface area contributed by atoms with Crippen molar-refractivity contribution in [1.29, 1.82) is 0 Å². The molecule has 1 aromatic carbocycles. The summed E-state index contributed by atoms with van der Waals surface area (Å²) in [4.78, 5) is 8.65. The Hall–Kier alpha value is -1.88. The molecule has 0 fully saturated rings. The minimum absolute atomic E-state index is 0.878. The van der Waals surface area contributed by atoms with Gasteiger partial charge < -0.3 is 0 Å². The van der Waals surface area contributed by atoms with E-state index in [1.807, 2.05) is 13.2 Å². The third-order valence-corrected chi connectivity index (χ3v) is 4.42. The molecular formula is C15H16N4S. The molecular weight excluding hydrogens is 268 g/mol. The van der Waals surface area contributed by atoms with Gasteiger partial charge >= 0.3 is 0 Å². The lowest BCUT2D eigenvalue weighted by Gasteiger charge is -2.07. The van der Waals surface area contributed by atoms with Crippen molar-refractivity contribution >= 4 is 22.8 Å². The molecule has 2 aromatic heterocycles. The fraction of sp³-hybridized carbons (Fsp3) is 0.267. The summed E-state index contributed by atoms with van der Waals surface area (Å²) in [6.07, 6.45) is 3.44. The second kappa shape index (κ2) is 5.25. The monoisotopic (exact) mass is 284 g/mol. The first-order chi connectivity index (χ1) is 9.65. The highest BCUT2D eigenvalue weighted by Gasteiger charge is 2.09. The van der Waals surface area contributed by atoms with Crippen LogP contribution in [0, 0.1) is 13.8 Å². The first-order valence-electron chi connectivity index (χ1n) is 6.47. The third-order valence-electron chi connectivity index (χ3n) is 3.36. The first kappa shape index (κ1) is 13.1. The summed E-state index contributed by atoms with van der Waals surface area (Å²) in [6, 6.07) is 6.56. The molecule has 0 bridgehead atoms. The van der Waals surface area contributed by atoms with Crippen LogP contribution >= 0.6 is 11.8 Å². The largest absolute Gasteiger partial charge is 0.250 e. The molecule has 4 nitrogen and oxygen atoms in total. The molecule has 0 aliphatic heterocycles. The molecule has 0 atom stereocenters. The second-order valence-electron chi connectivity index (χ2n) is 4.90. The van der Waals surface area contributed by atoms with Crippen molar-refractivity contribution in [1.82, 2.24) is 19.7 Å². The quantitative estimate of drug-likeness (QED) is 0.547. The van der Waals surface area contributed by atoms with Crippen molar-refractivity contribution in [2.75, 3.05) is 0 Å². The van der Waals surface area contributed by atoms with Crippen molar-refractivity contribution in [2.45, 2.75) is 24.6 Å². The fourth-order valence-electron chi connectivity index (χ4n) is 2.16. The molecule has 3 aromatic rings. The molecule has 2 heterocycles. The minimum atomic E-state index is 0.878. The topological polar surface area (TPSA) is 43.6 Å². The van der Waals surface area contributed by atoms with Crippen LogP contribution in [0.3, 0.4) is 0 Å². The summed E-state index contributed by atoms with van der Waals surface area (Å²) in [6.45, 7) is 4.27. The molecule has 3 rings (SSSR count). The second-order valence-corrected chi connectivity index (χ2v) is 5.87. The molecule has 0 aliphatic carbocycles. The highest BCUT2D eigenvalue weighted by molar-refractivity contribution is 7.98. The Labute approximate surface area is 122 Å². The van der Waals surface area contributed by atoms with Crippen molar-refractivity contribution in [3.8, 4) is 0 Å². The summed E-state index contributed by atoms with van der Waals surface area (Å²) in [7, 11) is 1.90. The predicted molar refractivity (Wildman–Crippen MR) is 81.8 cm³/mol. The average molecular weight is 284 g/mol. The maximum Gasteiger partial charge on any atom is 0.162 e. The van der Waals surface area contributed by atoms with Crippen LogP contribution in [0.1, 0.15) is 16.7 Å². The van der Waals surface area contributed by atoms with Gasteiger partial charge in [-0.3, -0.25) is 4.68 Å². The van der Waals surface area contributed by atoms with Crippen molar-refractivity contribution in [3.05, 3.63) is 47.4 Å². The summed E-state index contributed by atoms with van der Waals surface area (Å²) < 4.78 is 1.78. The Morgan fingerprint density at radius 1 is 1.20 bits per heavy atom. The summed E-state index contributed by atoms with van der Waals surface area (Å²) in [5.41, 5.74) is 4.84. The summed E-state index contributed by atoms with van der Waals surface area (Å²) in [5.74, 6) is 0.911. The van der Waals surface area contributed by atoms with E-state index in [0.717, 1.165) is 21.8 Å². The average Bonchev–Trinajstić information content (AvgIpc) is 2.82. The lowest BCUT2D eigenvalue weighted by atomic mass is 10.1. The molecule has 0 saturated carbocycles. The van der Waals surface area contributed by atoms with Crippen LogP contribution in [0.5, 0.6) is 0 Å². The molecule has 0 unspecified atom stereocenters. The number of hydrogen-bond acceptors (Lipinski definition) is 4. The number of fused-ring (bicyclic) bond motifs is 1. The zero-order valence-corrected chi connectivity index (χ0v) is 12.6. The van der Waals surface area contributed by atoms with Gasteiger partial charge in [0.25, 0.3) is 0 Å². The molecule has 0 N–H and O–H groups in total. The maximum absolute atomic E-state index is 4.39. The van der Waals surface area contributed by atoms with E-state index in [2.05, 4.69) is 47.1 Å². The number of rotatable bonds is 3. The van der Waals surface area contributed by atoms with E-state index in [-0.39, 0.29) is 0 Å². The van der Waals surface area contributed by atoms with Gasteiger partial charge in [-0.2, -0.15) is 5.10 Å². The molecule has 102 valence electrons. The van der Waals surface area contributed by atoms with Crippen molar-refractivity contribution in [3.63, 3.8) is 0 Å². The van der Waals surface area contributed by atoms with Gasteiger partial charge in [-0.25, -0.2) is 9.97 Å². The van der Waals surface area contributed by atoms with Crippen molar-refractivity contribution in [2.24, 2.45) is 7.05 Å². The fourth-order valence-corrected chi connectivity index (χ4v) is 3.18. The van der Waals surface area contributed by atoms with E-state index < -0.39 is 0 Å². The van der Waals surface area contributed by atoms with Crippen LogP contribution in [0.15, 0.2) is 35.7 Å². The molecule has 0 radical (unpaired) electrons. The van der Waals surface area contributed by atoms with Crippen LogP contribution in [-0.4, -0.2) is 19.7 Å². The van der Waals surface area contributed by atoms with Gasteiger partial charge in [0.15, 0.2) is 5.65 Å². The maximum atomic E-state index is 4.39. The number of hydrogen-bond donors (Lipinski definition) is 0. The van der Waals surface area contributed by atoms with Crippen LogP contribution < -0.4 is 0 Å². The lowest BCUT2D eigenvalue weighted by Crippen LogP contribution is -1.93. The molecule has 0 spiro atoms. The lowest BCUT2D eigenvalue weighted by molar-refractivity contribution is 0.784. The number of nitrogens with zero attached hydrogens (tertiary/aromatic N) is 4. The summed E-state index contributed by atoms with van der Waals surface area (Å²) >= 11 is 1.73. The smallest absolute Gasteiger partial charge is 0.162 e. The number of aryl methyl sites for hydroxylation is 3. The van der Waals surface area contributed by atoms with E-state index in [4.69, 9.17) is 0 Å². The Kier molecular flexibility index (Phi) is 3.44. The Morgan fingerprint density at radius 3 is 2.90 bits per heavy atom. The normalized spacial score (nSPS) is 11.2. The van der Waals surface area contributed by atoms with E-state index >= 15 is 0 Å².